The predicted molar refractivity (Wildman–Crippen MR) is 115 cm³/mol. The number of anilines is 2. The van der Waals surface area contributed by atoms with E-state index in [1.165, 1.54) is 6.92 Å². The highest BCUT2D eigenvalue weighted by atomic mass is 32.2. The molecule has 3 aromatic carbocycles. The van der Waals surface area contributed by atoms with Crippen molar-refractivity contribution in [1.29, 1.82) is 0 Å². The largest absolute Gasteiger partial charge is 0.455 e. The second kappa shape index (κ2) is 9.13. The summed E-state index contributed by atoms with van der Waals surface area (Å²) in [6.45, 7) is 1.35. The molecule has 0 unspecified atom stereocenters. The van der Waals surface area contributed by atoms with Crippen LogP contribution in [0.25, 0.3) is 0 Å². The Morgan fingerprint density at radius 3 is 2.26 bits per heavy atom. The van der Waals surface area contributed by atoms with Gasteiger partial charge in [0.2, 0.25) is 15.9 Å². The first-order chi connectivity index (χ1) is 14.7. The van der Waals surface area contributed by atoms with Crippen LogP contribution in [0, 0.1) is 11.6 Å². The van der Waals surface area contributed by atoms with Crippen molar-refractivity contribution in [2.24, 2.45) is 0 Å². The topological polar surface area (TPSA) is 75.7 Å². The Morgan fingerprint density at radius 2 is 1.61 bits per heavy atom. The van der Waals surface area contributed by atoms with E-state index in [1.54, 1.807) is 48.5 Å². The molecule has 0 aliphatic heterocycles. The lowest BCUT2D eigenvalue weighted by Crippen LogP contribution is -2.45. The Morgan fingerprint density at radius 1 is 0.968 bits per heavy atom. The van der Waals surface area contributed by atoms with Gasteiger partial charge < -0.3 is 10.1 Å². The van der Waals surface area contributed by atoms with Gasteiger partial charge in [0, 0.05) is 6.07 Å². The van der Waals surface area contributed by atoms with Gasteiger partial charge in [-0.1, -0.05) is 30.3 Å². The molecule has 1 N–H and O–H groups in total. The number of carbonyl (C=O) groups is 1. The number of carbonyl (C=O) groups excluding carboxylic acids is 1. The highest BCUT2D eigenvalue weighted by Crippen LogP contribution is 2.30. The second-order valence-corrected chi connectivity index (χ2v) is 8.59. The molecule has 3 rings (SSSR count). The molecule has 0 heterocycles. The smallest absolute Gasteiger partial charge is 0.248 e. The maximum atomic E-state index is 13.7. The van der Waals surface area contributed by atoms with Crippen molar-refractivity contribution in [3.63, 3.8) is 0 Å². The van der Waals surface area contributed by atoms with Crippen LogP contribution >= 0.6 is 0 Å². The Bertz CT molecular complexity index is 1190. The number of sulfonamides is 1. The zero-order valence-corrected chi connectivity index (χ0v) is 17.6. The van der Waals surface area contributed by atoms with E-state index in [-0.39, 0.29) is 5.69 Å². The van der Waals surface area contributed by atoms with E-state index >= 15 is 0 Å². The molecule has 0 saturated heterocycles. The quantitative estimate of drug-likeness (QED) is 0.578. The van der Waals surface area contributed by atoms with E-state index in [2.05, 4.69) is 5.32 Å². The summed E-state index contributed by atoms with van der Waals surface area (Å²) in [5.74, 6) is -2.12. The molecule has 1 amide bonds. The molecule has 0 aliphatic rings. The van der Waals surface area contributed by atoms with Crippen molar-refractivity contribution < 1.29 is 26.7 Å². The number of amides is 1. The Balaban J connectivity index is 1.87. The summed E-state index contributed by atoms with van der Waals surface area (Å²) in [6, 6.07) is 16.9. The van der Waals surface area contributed by atoms with Gasteiger partial charge in [-0.3, -0.25) is 9.10 Å². The number of halogens is 2. The fourth-order valence-electron chi connectivity index (χ4n) is 2.94. The van der Waals surface area contributed by atoms with Crippen molar-refractivity contribution >= 4 is 27.3 Å². The molecule has 0 spiro atoms. The minimum atomic E-state index is -3.99. The van der Waals surface area contributed by atoms with Crippen molar-refractivity contribution in [3.05, 3.63) is 84.4 Å². The SMILES string of the molecule is C[C@@H](C(=O)Nc1ccccc1Oc1ccccc1)N(c1ccc(F)c(F)c1)S(C)(=O)=O. The number of para-hydroxylation sites is 3. The van der Waals surface area contributed by atoms with E-state index in [1.807, 2.05) is 6.07 Å². The van der Waals surface area contributed by atoms with E-state index in [9.17, 15) is 22.0 Å². The molecule has 0 aliphatic carbocycles. The lowest BCUT2D eigenvalue weighted by atomic mass is 10.2. The summed E-state index contributed by atoms with van der Waals surface area (Å²) >= 11 is 0. The van der Waals surface area contributed by atoms with Crippen molar-refractivity contribution in [1.82, 2.24) is 0 Å². The van der Waals surface area contributed by atoms with Gasteiger partial charge in [0.25, 0.3) is 0 Å². The first-order valence-corrected chi connectivity index (χ1v) is 11.1. The molecule has 9 heteroatoms. The summed E-state index contributed by atoms with van der Waals surface area (Å²) < 4.78 is 58.2. The number of hydrogen-bond donors (Lipinski definition) is 1. The third-order valence-electron chi connectivity index (χ3n) is 4.36. The van der Waals surface area contributed by atoms with Crippen LogP contribution in [0.5, 0.6) is 11.5 Å². The molecule has 0 saturated carbocycles. The number of ether oxygens (including phenoxy) is 1. The van der Waals surface area contributed by atoms with Gasteiger partial charge >= 0.3 is 0 Å². The van der Waals surface area contributed by atoms with Crippen LogP contribution < -0.4 is 14.4 Å². The Hall–Kier alpha value is -3.46. The minimum absolute atomic E-state index is 0.169. The van der Waals surface area contributed by atoms with Crippen LogP contribution in [0.15, 0.2) is 72.8 Å². The van der Waals surface area contributed by atoms with Crippen LogP contribution in [-0.4, -0.2) is 26.6 Å². The van der Waals surface area contributed by atoms with Crippen molar-refractivity contribution in [2.75, 3.05) is 15.9 Å². The fourth-order valence-corrected chi connectivity index (χ4v) is 4.11. The Kier molecular flexibility index (Phi) is 6.55. The van der Waals surface area contributed by atoms with Crippen LogP contribution in [0.3, 0.4) is 0 Å². The average Bonchev–Trinajstić information content (AvgIpc) is 2.72. The average molecular weight is 446 g/mol. The monoisotopic (exact) mass is 446 g/mol. The van der Waals surface area contributed by atoms with E-state index < -0.39 is 33.6 Å². The molecule has 0 bridgehead atoms. The van der Waals surface area contributed by atoms with E-state index in [4.69, 9.17) is 4.74 Å². The molecule has 1 atom stereocenters. The Labute approximate surface area is 179 Å². The van der Waals surface area contributed by atoms with Crippen molar-refractivity contribution in [3.8, 4) is 11.5 Å². The molecule has 0 radical (unpaired) electrons. The third kappa shape index (κ3) is 5.37. The van der Waals surface area contributed by atoms with Crippen LogP contribution in [0.2, 0.25) is 0 Å². The number of rotatable bonds is 7. The summed E-state index contributed by atoms with van der Waals surface area (Å²) in [5, 5.41) is 2.64. The zero-order valence-electron chi connectivity index (χ0n) is 16.7. The molecule has 0 aromatic heterocycles. The first kappa shape index (κ1) is 22.2. The zero-order chi connectivity index (χ0) is 22.6. The first-order valence-electron chi connectivity index (χ1n) is 9.24. The molecule has 31 heavy (non-hydrogen) atoms. The van der Waals surface area contributed by atoms with E-state index in [0.29, 0.717) is 17.2 Å². The standard InChI is InChI=1S/C22H20F2N2O4S/c1-15(26(31(2,28)29)16-12-13-18(23)19(24)14-16)22(27)25-20-10-6-7-11-21(20)30-17-8-4-3-5-9-17/h3-15H,1-2H3,(H,25,27)/t15-/m0/s1. The van der Waals surface area contributed by atoms with Gasteiger partial charge in [-0.05, 0) is 43.3 Å². The molecule has 0 fully saturated rings. The summed E-state index contributed by atoms with van der Waals surface area (Å²) in [6.07, 6.45) is 0.879. The maximum Gasteiger partial charge on any atom is 0.248 e. The fraction of sp³-hybridized carbons (Fsp3) is 0.136. The highest BCUT2D eigenvalue weighted by Gasteiger charge is 2.30. The third-order valence-corrected chi connectivity index (χ3v) is 5.60. The number of benzene rings is 3. The maximum absolute atomic E-state index is 13.7. The predicted octanol–water partition coefficient (Wildman–Crippen LogP) is 4.55. The summed E-state index contributed by atoms with van der Waals surface area (Å²) in [5.41, 5.74) is 0.153. The molecular formula is C22H20F2N2O4S. The number of nitrogens with one attached hydrogen (secondary N) is 1. The van der Waals surface area contributed by atoms with Gasteiger partial charge in [0.15, 0.2) is 17.4 Å². The van der Waals surface area contributed by atoms with Crippen molar-refractivity contribution in [2.45, 2.75) is 13.0 Å². The molecular weight excluding hydrogens is 426 g/mol. The number of hydrogen-bond acceptors (Lipinski definition) is 4. The van der Waals surface area contributed by atoms with Crippen LogP contribution in [0.4, 0.5) is 20.2 Å². The van der Waals surface area contributed by atoms with Gasteiger partial charge in [0.1, 0.15) is 11.8 Å². The molecule has 3 aromatic rings. The van der Waals surface area contributed by atoms with Gasteiger partial charge in [-0.15, -0.1) is 0 Å². The van der Waals surface area contributed by atoms with Gasteiger partial charge in [-0.2, -0.15) is 0 Å². The van der Waals surface area contributed by atoms with E-state index in [0.717, 1.165) is 28.8 Å². The van der Waals surface area contributed by atoms with Gasteiger partial charge in [0.05, 0.1) is 17.6 Å². The minimum Gasteiger partial charge on any atom is -0.455 e. The molecule has 162 valence electrons. The lowest BCUT2D eigenvalue weighted by Gasteiger charge is -2.28. The molecule has 6 nitrogen and oxygen atoms in total. The van der Waals surface area contributed by atoms with Crippen LogP contribution in [-0.2, 0) is 14.8 Å². The van der Waals surface area contributed by atoms with Crippen LogP contribution in [0.1, 0.15) is 6.92 Å². The highest BCUT2D eigenvalue weighted by molar-refractivity contribution is 7.92. The van der Waals surface area contributed by atoms with Gasteiger partial charge in [-0.25, -0.2) is 17.2 Å². The number of nitrogens with zero attached hydrogens (tertiary/aromatic N) is 1. The normalized spacial score (nSPS) is 12.1. The summed E-state index contributed by atoms with van der Waals surface area (Å²) in [7, 11) is -3.99. The second-order valence-electron chi connectivity index (χ2n) is 6.73. The lowest BCUT2D eigenvalue weighted by molar-refractivity contribution is -0.116. The summed E-state index contributed by atoms with van der Waals surface area (Å²) in [4.78, 5) is 12.9.